The van der Waals surface area contributed by atoms with Gasteiger partial charge in [-0.3, -0.25) is 9.80 Å². The van der Waals surface area contributed by atoms with Crippen LogP contribution in [-0.4, -0.2) is 46.4 Å². The molecular weight excluding hydrogens is 180 g/mol. The third-order valence-electron chi connectivity index (χ3n) is 3.47. The molecular formula is C10H20N2S. The Kier molecular flexibility index (Phi) is 2.60. The van der Waals surface area contributed by atoms with Crippen molar-refractivity contribution in [2.75, 3.05) is 13.1 Å². The second kappa shape index (κ2) is 3.44. The molecule has 13 heavy (non-hydrogen) atoms. The maximum absolute atomic E-state index is 4.52. The minimum Gasteiger partial charge on any atom is -0.295 e. The van der Waals surface area contributed by atoms with Crippen molar-refractivity contribution in [1.82, 2.24) is 9.80 Å². The Labute approximate surface area is 86.7 Å². The van der Waals surface area contributed by atoms with Crippen LogP contribution >= 0.6 is 12.6 Å². The molecule has 0 N–H and O–H groups in total. The number of hydrogen-bond acceptors (Lipinski definition) is 3. The minimum absolute atomic E-state index is 0.435. The molecule has 2 aliphatic heterocycles. The Morgan fingerprint density at radius 3 is 2.00 bits per heavy atom. The first-order chi connectivity index (χ1) is 6.09. The summed E-state index contributed by atoms with van der Waals surface area (Å²) in [5, 5.41) is 0.435. The van der Waals surface area contributed by atoms with E-state index < -0.39 is 0 Å². The van der Waals surface area contributed by atoms with Crippen molar-refractivity contribution in [2.45, 2.75) is 50.7 Å². The van der Waals surface area contributed by atoms with Crippen LogP contribution in [0.3, 0.4) is 0 Å². The van der Waals surface area contributed by atoms with Crippen LogP contribution in [0.4, 0.5) is 0 Å². The van der Waals surface area contributed by atoms with Crippen LogP contribution < -0.4 is 0 Å². The van der Waals surface area contributed by atoms with Crippen LogP contribution in [0.2, 0.25) is 0 Å². The maximum atomic E-state index is 4.52. The van der Waals surface area contributed by atoms with Crippen molar-refractivity contribution in [1.29, 1.82) is 0 Å². The summed E-state index contributed by atoms with van der Waals surface area (Å²) in [5.41, 5.74) is 0. The van der Waals surface area contributed by atoms with Gasteiger partial charge in [0.15, 0.2) is 0 Å². The number of piperazine rings is 1. The van der Waals surface area contributed by atoms with E-state index in [4.69, 9.17) is 0 Å². The highest BCUT2D eigenvalue weighted by molar-refractivity contribution is 7.80. The first-order valence-corrected chi connectivity index (χ1v) is 5.80. The molecule has 2 saturated heterocycles. The third-order valence-corrected chi connectivity index (χ3v) is 3.77. The molecule has 3 unspecified atom stereocenters. The van der Waals surface area contributed by atoms with Crippen molar-refractivity contribution in [3.63, 3.8) is 0 Å². The number of fused-ring (bicyclic) bond motifs is 2. The number of hydrogen-bond donors (Lipinski definition) is 1. The molecule has 0 aromatic heterocycles. The van der Waals surface area contributed by atoms with Gasteiger partial charge in [-0.2, -0.15) is 12.6 Å². The number of thiol groups is 1. The molecule has 0 spiro atoms. The van der Waals surface area contributed by atoms with Crippen LogP contribution in [0.1, 0.15) is 27.2 Å². The van der Waals surface area contributed by atoms with E-state index in [2.05, 4.69) is 43.2 Å². The molecule has 0 saturated carbocycles. The van der Waals surface area contributed by atoms with Crippen LogP contribution in [0, 0.1) is 0 Å². The van der Waals surface area contributed by atoms with Crippen molar-refractivity contribution in [3.8, 4) is 0 Å². The van der Waals surface area contributed by atoms with Crippen molar-refractivity contribution in [3.05, 3.63) is 0 Å². The fraction of sp³-hybridized carbons (Fsp3) is 1.00. The first-order valence-electron chi connectivity index (χ1n) is 5.29. The Balaban J connectivity index is 1.99. The van der Waals surface area contributed by atoms with E-state index in [1.807, 2.05) is 0 Å². The average molecular weight is 200 g/mol. The van der Waals surface area contributed by atoms with Gasteiger partial charge in [0.25, 0.3) is 0 Å². The van der Waals surface area contributed by atoms with Gasteiger partial charge in [-0.25, -0.2) is 0 Å². The summed E-state index contributed by atoms with van der Waals surface area (Å²) in [6.07, 6.45) is 1.36. The van der Waals surface area contributed by atoms with Gasteiger partial charge in [0, 0.05) is 31.2 Å². The Bertz CT molecular complexity index is 173. The van der Waals surface area contributed by atoms with E-state index in [0.717, 1.165) is 12.1 Å². The highest BCUT2D eigenvalue weighted by Gasteiger charge is 2.44. The monoisotopic (exact) mass is 200 g/mol. The summed E-state index contributed by atoms with van der Waals surface area (Å²) in [4.78, 5) is 5.17. The zero-order valence-electron chi connectivity index (χ0n) is 8.77. The fourth-order valence-electron chi connectivity index (χ4n) is 2.82. The molecule has 2 aliphatic rings. The van der Waals surface area contributed by atoms with Crippen LogP contribution in [0.5, 0.6) is 0 Å². The van der Waals surface area contributed by atoms with E-state index in [0.29, 0.717) is 11.4 Å². The minimum atomic E-state index is 0.435. The lowest BCUT2D eigenvalue weighted by atomic mass is 10.2. The van der Waals surface area contributed by atoms with E-state index in [9.17, 15) is 0 Å². The van der Waals surface area contributed by atoms with Gasteiger partial charge in [-0.15, -0.1) is 0 Å². The van der Waals surface area contributed by atoms with Gasteiger partial charge in [0.1, 0.15) is 0 Å². The summed E-state index contributed by atoms with van der Waals surface area (Å²) < 4.78 is 0. The summed E-state index contributed by atoms with van der Waals surface area (Å²) in [7, 11) is 0. The van der Waals surface area contributed by atoms with Crippen molar-refractivity contribution in [2.24, 2.45) is 0 Å². The molecule has 3 atom stereocenters. The molecule has 2 heterocycles. The molecule has 76 valence electrons. The van der Waals surface area contributed by atoms with Gasteiger partial charge >= 0.3 is 0 Å². The van der Waals surface area contributed by atoms with E-state index in [1.165, 1.54) is 19.5 Å². The Morgan fingerprint density at radius 2 is 1.62 bits per heavy atom. The molecule has 0 aromatic rings. The summed E-state index contributed by atoms with van der Waals surface area (Å²) in [5.74, 6) is 0. The third kappa shape index (κ3) is 1.62. The number of nitrogens with zero attached hydrogens (tertiary/aromatic N) is 2. The van der Waals surface area contributed by atoms with Crippen LogP contribution in [-0.2, 0) is 0 Å². The molecule has 0 aliphatic carbocycles. The van der Waals surface area contributed by atoms with Gasteiger partial charge in [-0.1, -0.05) is 0 Å². The normalized spacial score (nSPS) is 37.6. The summed E-state index contributed by atoms with van der Waals surface area (Å²) in [6, 6.07) is 2.30. The maximum Gasteiger partial charge on any atom is 0.0503 e. The Morgan fingerprint density at radius 1 is 1.08 bits per heavy atom. The molecule has 0 aromatic carbocycles. The van der Waals surface area contributed by atoms with Crippen molar-refractivity contribution >= 4 is 12.6 Å². The van der Waals surface area contributed by atoms with Gasteiger partial charge in [0.2, 0.25) is 0 Å². The largest absolute Gasteiger partial charge is 0.295 e. The second-order valence-electron chi connectivity index (χ2n) is 4.66. The molecule has 0 amide bonds. The van der Waals surface area contributed by atoms with Crippen LogP contribution in [0.25, 0.3) is 0 Å². The van der Waals surface area contributed by atoms with E-state index in [-0.39, 0.29) is 0 Å². The van der Waals surface area contributed by atoms with Gasteiger partial charge < -0.3 is 0 Å². The fourth-order valence-corrected chi connectivity index (χ4v) is 3.10. The molecule has 0 radical (unpaired) electrons. The predicted octanol–water partition coefficient (Wildman–Crippen LogP) is 1.43. The molecule has 2 fully saturated rings. The molecule has 2 rings (SSSR count). The predicted molar refractivity (Wildman–Crippen MR) is 59.2 cm³/mol. The average Bonchev–Trinajstić information content (AvgIpc) is 2.60. The van der Waals surface area contributed by atoms with Gasteiger partial charge in [-0.05, 0) is 27.2 Å². The molecule has 2 bridgehead atoms. The molecule has 2 nitrogen and oxygen atoms in total. The Hall–Kier alpha value is 0.270. The van der Waals surface area contributed by atoms with Crippen molar-refractivity contribution < 1.29 is 0 Å². The van der Waals surface area contributed by atoms with Gasteiger partial charge in [0.05, 0.1) is 5.37 Å². The zero-order chi connectivity index (χ0) is 9.59. The first kappa shape index (κ1) is 9.81. The van der Waals surface area contributed by atoms with E-state index >= 15 is 0 Å². The lowest BCUT2D eigenvalue weighted by molar-refractivity contribution is 0.101. The molecule has 3 heteroatoms. The van der Waals surface area contributed by atoms with E-state index in [1.54, 1.807) is 0 Å². The summed E-state index contributed by atoms with van der Waals surface area (Å²) >= 11 is 4.52. The smallest absolute Gasteiger partial charge is 0.0503 e. The number of rotatable bonds is 2. The summed E-state index contributed by atoms with van der Waals surface area (Å²) in [6.45, 7) is 9.27. The lowest BCUT2D eigenvalue weighted by Gasteiger charge is -2.37. The highest BCUT2D eigenvalue weighted by Crippen LogP contribution is 2.33. The standard InChI is InChI=1S/C10H20N2S/c1-7(2)11-5-10-4-9(11)6-12(10)8(3)13/h7-10,13H,4-6H2,1-3H3. The SMILES string of the molecule is CC(C)N1CC2CC1CN2C(C)S. The van der Waals surface area contributed by atoms with Crippen LogP contribution in [0.15, 0.2) is 0 Å². The number of likely N-dealkylation sites (tertiary alicyclic amines) is 2. The lowest BCUT2D eigenvalue weighted by Crippen LogP contribution is -2.50. The quantitative estimate of drug-likeness (QED) is 0.674. The zero-order valence-corrected chi connectivity index (χ0v) is 9.67. The topological polar surface area (TPSA) is 6.48 Å². The second-order valence-corrected chi connectivity index (χ2v) is 5.41. The highest BCUT2D eigenvalue weighted by atomic mass is 32.1.